The van der Waals surface area contributed by atoms with E-state index in [4.69, 9.17) is 4.74 Å². The van der Waals surface area contributed by atoms with Gasteiger partial charge in [-0.25, -0.2) is 0 Å². The lowest BCUT2D eigenvalue weighted by Gasteiger charge is -2.23. The van der Waals surface area contributed by atoms with Gasteiger partial charge in [-0.3, -0.25) is 25.7 Å². The number of hydrogen-bond acceptors (Lipinski definition) is 7. The fraction of sp³-hybridized carbons (Fsp3) is 0.188. The lowest BCUT2D eigenvalue weighted by molar-refractivity contribution is -0.393. The molecule has 9 heteroatoms. The van der Waals surface area contributed by atoms with Gasteiger partial charge >= 0.3 is 5.69 Å². The van der Waals surface area contributed by atoms with Gasteiger partial charge in [-0.1, -0.05) is 30.3 Å². The summed E-state index contributed by atoms with van der Waals surface area (Å²) in [6.45, 7) is 1.79. The van der Waals surface area contributed by atoms with E-state index in [-0.39, 0.29) is 11.4 Å². The molecule has 130 valence electrons. The van der Waals surface area contributed by atoms with Crippen LogP contribution in [-0.2, 0) is 10.3 Å². The summed E-state index contributed by atoms with van der Waals surface area (Å²) in [6.07, 6.45) is 1.47. The SMILES string of the molecule is COC(C)(/C=N/Nc1ccc([N+](=O)[O-])cc1[N+](=O)[O-])c1ccccc1. The summed E-state index contributed by atoms with van der Waals surface area (Å²) in [5.74, 6) is 0. The number of rotatable bonds is 7. The predicted molar refractivity (Wildman–Crippen MR) is 92.7 cm³/mol. The molecule has 9 nitrogen and oxygen atoms in total. The van der Waals surface area contributed by atoms with Gasteiger partial charge in [-0.2, -0.15) is 5.10 Å². The maximum absolute atomic E-state index is 11.1. The van der Waals surface area contributed by atoms with Crippen molar-refractivity contribution in [2.45, 2.75) is 12.5 Å². The van der Waals surface area contributed by atoms with Crippen molar-refractivity contribution in [2.24, 2.45) is 5.10 Å². The molecule has 0 fully saturated rings. The number of benzene rings is 2. The second-order valence-corrected chi connectivity index (χ2v) is 5.26. The molecule has 0 heterocycles. The third-order valence-electron chi connectivity index (χ3n) is 3.66. The molecule has 0 radical (unpaired) electrons. The molecule has 1 N–H and O–H groups in total. The summed E-state index contributed by atoms with van der Waals surface area (Å²) in [5, 5.41) is 25.8. The van der Waals surface area contributed by atoms with E-state index in [2.05, 4.69) is 10.5 Å². The van der Waals surface area contributed by atoms with Crippen LogP contribution < -0.4 is 5.43 Å². The molecule has 1 unspecified atom stereocenters. The van der Waals surface area contributed by atoms with Crippen LogP contribution in [0.2, 0.25) is 0 Å². The predicted octanol–water partition coefficient (Wildman–Crippen LogP) is 3.46. The number of hydrogen-bond donors (Lipinski definition) is 1. The van der Waals surface area contributed by atoms with E-state index in [0.717, 1.165) is 17.7 Å². The second-order valence-electron chi connectivity index (χ2n) is 5.26. The minimum atomic E-state index is -0.843. The van der Waals surface area contributed by atoms with Crippen LogP contribution >= 0.6 is 0 Å². The van der Waals surface area contributed by atoms with E-state index < -0.39 is 21.1 Å². The Bertz CT molecular complexity index is 809. The number of nitrogens with zero attached hydrogens (tertiary/aromatic N) is 3. The molecule has 1 atom stereocenters. The highest BCUT2D eigenvalue weighted by molar-refractivity contribution is 5.73. The summed E-state index contributed by atoms with van der Waals surface area (Å²) in [6, 6.07) is 12.6. The Balaban J connectivity index is 2.26. The van der Waals surface area contributed by atoms with E-state index in [1.807, 2.05) is 30.3 Å². The monoisotopic (exact) mass is 344 g/mol. The van der Waals surface area contributed by atoms with E-state index >= 15 is 0 Å². The lowest BCUT2D eigenvalue weighted by atomic mass is 9.97. The van der Waals surface area contributed by atoms with Crippen molar-refractivity contribution >= 4 is 23.3 Å². The number of nitro groups is 2. The van der Waals surface area contributed by atoms with Crippen molar-refractivity contribution < 1.29 is 14.6 Å². The van der Waals surface area contributed by atoms with Gasteiger partial charge in [0.1, 0.15) is 11.3 Å². The van der Waals surface area contributed by atoms with Gasteiger partial charge in [-0.05, 0) is 18.6 Å². The molecule has 0 saturated heterocycles. The molecular formula is C16H16N4O5. The van der Waals surface area contributed by atoms with Crippen molar-refractivity contribution in [3.8, 4) is 0 Å². The maximum atomic E-state index is 11.1. The maximum Gasteiger partial charge on any atom is 0.301 e. The van der Waals surface area contributed by atoms with Gasteiger partial charge in [0.15, 0.2) is 0 Å². The number of non-ortho nitro benzene ring substituents is 1. The van der Waals surface area contributed by atoms with Crippen LogP contribution in [0.15, 0.2) is 53.6 Å². The number of hydrazone groups is 1. The van der Waals surface area contributed by atoms with Crippen LogP contribution in [-0.4, -0.2) is 23.2 Å². The van der Waals surface area contributed by atoms with Crippen LogP contribution in [0.5, 0.6) is 0 Å². The zero-order chi connectivity index (χ0) is 18.4. The van der Waals surface area contributed by atoms with E-state index in [0.29, 0.717) is 0 Å². The number of nitro benzene ring substituents is 2. The minimum absolute atomic E-state index is 0.0402. The highest BCUT2D eigenvalue weighted by Gasteiger charge is 2.24. The quantitative estimate of drug-likeness (QED) is 0.466. The molecule has 2 rings (SSSR count). The fourth-order valence-corrected chi connectivity index (χ4v) is 2.12. The van der Waals surface area contributed by atoms with Gasteiger partial charge in [0.25, 0.3) is 5.69 Å². The van der Waals surface area contributed by atoms with Gasteiger partial charge in [0.2, 0.25) is 0 Å². The molecule has 0 spiro atoms. The number of anilines is 1. The van der Waals surface area contributed by atoms with E-state index in [1.165, 1.54) is 19.4 Å². The van der Waals surface area contributed by atoms with Crippen molar-refractivity contribution in [3.05, 3.63) is 74.3 Å². The standard InChI is InChI=1S/C16H16N4O5/c1-16(25-2,12-6-4-3-5-7-12)11-17-18-14-9-8-13(19(21)22)10-15(14)20(23)24/h3-11,18H,1-2H3/b17-11+. The first-order valence-corrected chi connectivity index (χ1v) is 7.21. The van der Waals surface area contributed by atoms with Crippen molar-refractivity contribution in [2.75, 3.05) is 12.5 Å². The second kappa shape index (κ2) is 7.49. The Kier molecular flexibility index (Phi) is 5.40. The fourth-order valence-electron chi connectivity index (χ4n) is 2.12. The zero-order valence-electron chi connectivity index (χ0n) is 13.6. The van der Waals surface area contributed by atoms with Gasteiger partial charge < -0.3 is 4.74 Å². The Morgan fingerprint density at radius 2 is 1.80 bits per heavy atom. The Hall–Kier alpha value is -3.33. The molecule has 2 aromatic rings. The normalized spacial score (nSPS) is 13.4. The molecule has 0 saturated carbocycles. The zero-order valence-corrected chi connectivity index (χ0v) is 13.6. The first-order chi connectivity index (χ1) is 11.9. The highest BCUT2D eigenvalue weighted by Crippen LogP contribution is 2.29. The highest BCUT2D eigenvalue weighted by atomic mass is 16.6. The average molecular weight is 344 g/mol. The summed E-state index contributed by atoms with van der Waals surface area (Å²) < 4.78 is 5.48. The summed E-state index contributed by atoms with van der Waals surface area (Å²) in [7, 11) is 1.52. The van der Waals surface area contributed by atoms with E-state index in [1.54, 1.807) is 6.92 Å². The van der Waals surface area contributed by atoms with Crippen LogP contribution in [0.25, 0.3) is 0 Å². The molecule has 0 aliphatic rings. The number of ether oxygens (including phenoxy) is 1. The molecule has 25 heavy (non-hydrogen) atoms. The third kappa shape index (κ3) is 4.15. The first kappa shape index (κ1) is 18.0. The lowest BCUT2D eigenvalue weighted by Crippen LogP contribution is -2.26. The summed E-state index contributed by atoms with van der Waals surface area (Å²) >= 11 is 0. The number of nitrogens with one attached hydrogen (secondary N) is 1. The minimum Gasteiger partial charge on any atom is -0.368 e. The number of methoxy groups -OCH3 is 1. The molecule has 0 aromatic heterocycles. The Morgan fingerprint density at radius 1 is 1.12 bits per heavy atom. The summed E-state index contributed by atoms with van der Waals surface area (Å²) in [5.41, 5.74) is 1.78. The van der Waals surface area contributed by atoms with Gasteiger partial charge in [-0.15, -0.1) is 0 Å². The third-order valence-corrected chi connectivity index (χ3v) is 3.66. The topological polar surface area (TPSA) is 120 Å². The average Bonchev–Trinajstić information content (AvgIpc) is 2.62. The Morgan fingerprint density at radius 3 is 2.36 bits per heavy atom. The molecule has 0 bridgehead atoms. The van der Waals surface area contributed by atoms with Crippen molar-refractivity contribution in [3.63, 3.8) is 0 Å². The van der Waals surface area contributed by atoms with Crippen LogP contribution in [0.3, 0.4) is 0 Å². The molecular weight excluding hydrogens is 328 g/mol. The first-order valence-electron chi connectivity index (χ1n) is 7.21. The van der Waals surface area contributed by atoms with Crippen molar-refractivity contribution in [1.82, 2.24) is 0 Å². The largest absolute Gasteiger partial charge is 0.368 e. The smallest absolute Gasteiger partial charge is 0.301 e. The van der Waals surface area contributed by atoms with Crippen LogP contribution in [0, 0.1) is 20.2 Å². The molecule has 2 aromatic carbocycles. The molecule has 0 amide bonds. The van der Waals surface area contributed by atoms with Crippen LogP contribution in [0.1, 0.15) is 12.5 Å². The molecule has 0 aliphatic carbocycles. The van der Waals surface area contributed by atoms with Gasteiger partial charge in [0, 0.05) is 13.2 Å². The van der Waals surface area contributed by atoms with Crippen molar-refractivity contribution in [1.29, 1.82) is 0 Å². The van der Waals surface area contributed by atoms with Gasteiger partial charge in [0.05, 0.1) is 22.1 Å². The van der Waals surface area contributed by atoms with Crippen LogP contribution in [0.4, 0.5) is 17.1 Å². The van der Waals surface area contributed by atoms with E-state index in [9.17, 15) is 20.2 Å². The summed E-state index contributed by atoms with van der Waals surface area (Å²) in [4.78, 5) is 20.4. The Labute approximate surface area is 143 Å². The molecule has 0 aliphatic heterocycles.